The highest BCUT2D eigenvalue weighted by molar-refractivity contribution is 5.94. The molecule has 1 saturated heterocycles. The molecule has 0 N–H and O–H groups in total. The van der Waals surface area contributed by atoms with Crippen LogP contribution in [0.2, 0.25) is 0 Å². The van der Waals surface area contributed by atoms with Crippen molar-refractivity contribution < 1.29 is 13.9 Å². The van der Waals surface area contributed by atoms with Crippen molar-refractivity contribution in [2.45, 2.75) is 31.7 Å². The first-order valence-corrected chi connectivity index (χ1v) is 8.43. The van der Waals surface area contributed by atoms with Crippen molar-refractivity contribution in [2.24, 2.45) is 0 Å². The summed E-state index contributed by atoms with van der Waals surface area (Å²) in [5, 5.41) is 0. The van der Waals surface area contributed by atoms with Gasteiger partial charge in [-0.15, -0.1) is 0 Å². The van der Waals surface area contributed by atoms with E-state index < -0.39 is 0 Å². The zero-order valence-corrected chi connectivity index (χ0v) is 13.7. The Bertz CT molecular complexity index is 668. The fourth-order valence-corrected chi connectivity index (χ4v) is 3.14. The molecule has 2 aromatic rings. The third kappa shape index (κ3) is 4.20. The van der Waals surface area contributed by atoms with E-state index in [1.54, 1.807) is 17.0 Å². The number of anilines is 1. The first kappa shape index (κ1) is 16.7. The number of halogens is 1. The van der Waals surface area contributed by atoms with E-state index >= 15 is 0 Å². The predicted molar refractivity (Wildman–Crippen MR) is 92.5 cm³/mol. The van der Waals surface area contributed by atoms with Gasteiger partial charge in [0.25, 0.3) is 0 Å². The molecule has 2 aromatic carbocycles. The van der Waals surface area contributed by atoms with Crippen LogP contribution in [0.5, 0.6) is 0 Å². The van der Waals surface area contributed by atoms with Gasteiger partial charge in [0, 0.05) is 31.4 Å². The molecule has 4 heteroatoms. The van der Waals surface area contributed by atoms with E-state index in [1.807, 2.05) is 30.3 Å². The Morgan fingerprint density at radius 1 is 1.08 bits per heavy atom. The lowest BCUT2D eigenvalue weighted by Gasteiger charge is -2.34. The van der Waals surface area contributed by atoms with E-state index in [0.29, 0.717) is 31.7 Å². The molecule has 0 bridgehead atoms. The number of carbonyl (C=O) groups excluding carboxylic acids is 1. The minimum atomic E-state index is -0.319. The highest BCUT2D eigenvalue weighted by Gasteiger charge is 2.27. The summed E-state index contributed by atoms with van der Waals surface area (Å²) < 4.78 is 19.1. The largest absolute Gasteiger partial charge is 0.381 e. The van der Waals surface area contributed by atoms with Gasteiger partial charge in [-0.25, -0.2) is 4.39 Å². The maximum absolute atomic E-state index is 13.6. The summed E-state index contributed by atoms with van der Waals surface area (Å²) >= 11 is 0. The maximum Gasteiger partial charge on any atom is 0.227 e. The van der Waals surface area contributed by atoms with Crippen molar-refractivity contribution in [2.75, 3.05) is 18.1 Å². The fraction of sp³-hybridized carbons (Fsp3) is 0.350. The molecule has 0 spiro atoms. The van der Waals surface area contributed by atoms with E-state index in [9.17, 15) is 9.18 Å². The lowest BCUT2D eigenvalue weighted by Crippen LogP contribution is -2.43. The number of aryl methyl sites for hydroxylation is 1. The average Bonchev–Trinajstić information content (AvgIpc) is 2.62. The molecule has 0 aliphatic carbocycles. The van der Waals surface area contributed by atoms with Crippen LogP contribution in [0.3, 0.4) is 0 Å². The van der Waals surface area contributed by atoms with Crippen molar-refractivity contribution in [1.29, 1.82) is 0 Å². The van der Waals surface area contributed by atoms with Crippen LogP contribution in [0.4, 0.5) is 10.1 Å². The molecule has 0 radical (unpaired) electrons. The molecule has 0 saturated carbocycles. The Morgan fingerprint density at radius 2 is 1.83 bits per heavy atom. The van der Waals surface area contributed by atoms with Crippen LogP contribution in [0.25, 0.3) is 0 Å². The van der Waals surface area contributed by atoms with Crippen molar-refractivity contribution >= 4 is 11.6 Å². The van der Waals surface area contributed by atoms with Gasteiger partial charge >= 0.3 is 0 Å². The third-order valence-electron chi connectivity index (χ3n) is 4.38. The summed E-state index contributed by atoms with van der Waals surface area (Å²) in [7, 11) is 0. The summed E-state index contributed by atoms with van der Waals surface area (Å²) in [6.45, 7) is 1.28. The average molecular weight is 327 g/mol. The Kier molecular flexibility index (Phi) is 5.59. The number of benzene rings is 2. The van der Waals surface area contributed by atoms with Crippen LogP contribution < -0.4 is 4.90 Å². The summed E-state index contributed by atoms with van der Waals surface area (Å²) in [6.07, 6.45) is 2.67. The summed E-state index contributed by atoms with van der Waals surface area (Å²) in [5.41, 5.74) is 1.77. The second-order valence-corrected chi connectivity index (χ2v) is 6.07. The molecule has 1 amide bonds. The highest BCUT2D eigenvalue weighted by Crippen LogP contribution is 2.25. The molecule has 0 atom stereocenters. The number of rotatable bonds is 5. The summed E-state index contributed by atoms with van der Waals surface area (Å²) in [5.74, 6) is -0.281. The number of hydrogen-bond donors (Lipinski definition) is 0. The van der Waals surface area contributed by atoms with Crippen molar-refractivity contribution in [3.05, 3.63) is 66.0 Å². The predicted octanol–water partition coefficient (Wildman–Crippen LogP) is 3.97. The zero-order chi connectivity index (χ0) is 16.8. The second kappa shape index (κ2) is 8.06. The van der Waals surface area contributed by atoms with Crippen molar-refractivity contribution in [3.63, 3.8) is 0 Å². The minimum Gasteiger partial charge on any atom is -0.381 e. The van der Waals surface area contributed by atoms with Crippen molar-refractivity contribution in [3.8, 4) is 0 Å². The Labute approximate surface area is 142 Å². The van der Waals surface area contributed by atoms with Gasteiger partial charge in [0.15, 0.2) is 0 Å². The molecular weight excluding hydrogens is 305 g/mol. The highest BCUT2D eigenvalue weighted by atomic mass is 19.1. The molecule has 1 fully saturated rings. The van der Waals surface area contributed by atoms with Gasteiger partial charge < -0.3 is 9.64 Å². The van der Waals surface area contributed by atoms with Gasteiger partial charge in [0.2, 0.25) is 5.91 Å². The van der Waals surface area contributed by atoms with E-state index in [2.05, 4.69) is 0 Å². The molecule has 3 nitrogen and oxygen atoms in total. The molecule has 0 aromatic heterocycles. The second-order valence-electron chi connectivity index (χ2n) is 6.07. The van der Waals surface area contributed by atoms with E-state index in [4.69, 9.17) is 4.74 Å². The standard InChI is InChI=1S/C20H22FNO2/c21-17-7-4-8-19(15-17)22(18-11-13-24-14-12-18)20(23)10-9-16-5-2-1-3-6-16/h1-8,15,18H,9-14H2. The first-order chi connectivity index (χ1) is 11.7. The molecule has 1 aliphatic rings. The smallest absolute Gasteiger partial charge is 0.227 e. The molecule has 3 rings (SSSR count). The zero-order valence-electron chi connectivity index (χ0n) is 13.7. The van der Waals surface area contributed by atoms with Gasteiger partial charge in [0.05, 0.1) is 0 Å². The van der Waals surface area contributed by atoms with Gasteiger partial charge in [-0.05, 0) is 43.0 Å². The number of hydrogen-bond acceptors (Lipinski definition) is 2. The maximum atomic E-state index is 13.6. The van der Waals surface area contributed by atoms with Gasteiger partial charge in [-0.1, -0.05) is 36.4 Å². The monoisotopic (exact) mass is 327 g/mol. The number of amides is 1. The first-order valence-electron chi connectivity index (χ1n) is 8.43. The lowest BCUT2D eigenvalue weighted by molar-refractivity contribution is -0.119. The van der Waals surface area contributed by atoms with Crippen molar-refractivity contribution in [1.82, 2.24) is 0 Å². The Hall–Kier alpha value is -2.20. The number of nitrogens with zero attached hydrogens (tertiary/aromatic N) is 1. The van der Waals surface area contributed by atoms with Crippen LogP contribution in [-0.2, 0) is 16.0 Å². The topological polar surface area (TPSA) is 29.5 Å². The van der Waals surface area contributed by atoms with Gasteiger partial charge in [-0.2, -0.15) is 0 Å². The van der Waals surface area contributed by atoms with Crippen LogP contribution >= 0.6 is 0 Å². The van der Waals surface area contributed by atoms with Crippen LogP contribution in [-0.4, -0.2) is 25.2 Å². The summed E-state index contributed by atoms with van der Waals surface area (Å²) in [6, 6.07) is 16.3. The summed E-state index contributed by atoms with van der Waals surface area (Å²) in [4.78, 5) is 14.7. The fourth-order valence-electron chi connectivity index (χ4n) is 3.14. The minimum absolute atomic E-state index is 0.0383. The normalized spacial score (nSPS) is 15.2. The Balaban J connectivity index is 1.76. The molecule has 0 unspecified atom stereocenters. The molecule has 1 heterocycles. The SMILES string of the molecule is O=C(CCc1ccccc1)N(c1cccc(F)c1)C1CCOCC1. The van der Waals surface area contributed by atoms with Crippen LogP contribution in [0, 0.1) is 5.82 Å². The van der Waals surface area contributed by atoms with E-state index in [1.165, 1.54) is 12.1 Å². The lowest BCUT2D eigenvalue weighted by atomic mass is 10.0. The quantitative estimate of drug-likeness (QED) is 0.831. The number of ether oxygens (including phenoxy) is 1. The van der Waals surface area contributed by atoms with Crippen LogP contribution in [0.1, 0.15) is 24.8 Å². The van der Waals surface area contributed by atoms with E-state index in [0.717, 1.165) is 18.4 Å². The molecule has 126 valence electrons. The number of carbonyl (C=O) groups is 1. The van der Waals surface area contributed by atoms with Gasteiger partial charge in [-0.3, -0.25) is 4.79 Å². The Morgan fingerprint density at radius 3 is 2.54 bits per heavy atom. The molecule has 24 heavy (non-hydrogen) atoms. The van der Waals surface area contributed by atoms with Crippen LogP contribution in [0.15, 0.2) is 54.6 Å². The van der Waals surface area contributed by atoms with Gasteiger partial charge in [0.1, 0.15) is 5.82 Å². The van der Waals surface area contributed by atoms with E-state index in [-0.39, 0.29) is 17.8 Å². The third-order valence-corrected chi connectivity index (χ3v) is 4.38. The molecule has 1 aliphatic heterocycles. The molecular formula is C20H22FNO2.